The quantitative estimate of drug-likeness (QED) is 0.903. The Balaban J connectivity index is 2.33. The first-order valence-electron chi connectivity index (χ1n) is 5.78. The molecule has 0 fully saturated rings. The first-order valence-corrected chi connectivity index (χ1v) is 5.78. The number of alkyl halides is 3. The fourth-order valence-electron chi connectivity index (χ4n) is 2.41. The van der Waals surface area contributed by atoms with E-state index in [2.05, 4.69) is 0 Å². The van der Waals surface area contributed by atoms with E-state index in [1.165, 1.54) is 12.1 Å². The van der Waals surface area contributed by atoms with E-state index < -0.39 is 24.5 Å². The van der Waals surface area contributed by atoms with Gasteiger partial charge < -0.3 is 5.11 Å². The lowest BCUT2D eigenvalue weighted by Crippen LogP contribution is -2.23. The second kappa shape index (κ2) is 4.63. The monoisotopic (exact) mass is 258 g/mol. The molecule has 1 aromatic carbocycles. The normalized spacial score (nSPS) is 16.4. The summed E-state index contributed by atoms with van der Waals surface area (Å²) in [6, 6.07) is 4.62. The Bertz CT molecular complexity index is 466. The van der Waals surface area contributed by atoms with Crippen LogP contribution in [0.15, 0.2) is 18.2 Å². The van der Waals surface area contributed by atoms with Crippen LogP contribution in [0.1, 0.15) is 35.4 Å². The molecule has 1 aliphatic carbocycles. The summed E-state index contributed by atoms with van der Waals surface area (Å²) in [4.78, 5) is 10.6. The minimum atomic E-state index is -4.52. The van der Waals surface area contributed by atoms with Crippen molar-refractivity contribution in [2.45, 2.75) is 37.8 Å². The molecule has 0 aliphatic heterocycles. The maximum absolute atomic E-state index is 12.9. The van der Waals surface area contributed by atoms with Gasteiger partial charge in [0.05, 0.1) is 12.3 Å². The van der Waals surface area contributed by atoms with Crippen molar-refractivity contribution < 1.29 is 23.1 Å². The standard InChI is InChI=1S/C13H13F3O2/c14-13(15,16)11(7-12(17)18)10-5-4-8-2-1-3-9(8)6-10/h4-6,11H,1-3,7H2,(H,17,18). The van der Waals surface area contributed by atoms with Crippen molar-refractivity contribution in [1.29, 1.82) is 0 Å². The number of hydrogen-bond acceptors (Lipinski definition) is 1. The predicted octanol–water partition coefficient (Wildman–Crippen LogP) is 3.30. The van der Waals surface area contributed by atoms with Crippen molar-refractivity contribution in [3.63, 3.8) is 0 Å². The Morgan fingerprint density at radius 2 is 1.94 bits per heavy atom. The van der Waals surface area contributed by atoms with Gasteiger partial charge in [-0.3, -0.25) is 4.79 Å². The summed E-state index contributed by atoms with van der Waals surface area (Å²) in [6.45, 7) is 0. The number of aryl methyl sites for hydroxylation is 2. The lowest BCUT2D eigenvalue weighted by molar-refractivity contribution is -0.163. The van der Waals surface area contributed by atoms with Crippen LogP contribution in [-0.2, 0) is 17.6 Å². The molecule has 0 saturated carbocycles. The fourth-order valence-corrected chi connectivity index (χ4v) is 2.41. The van der Waals surface area contributed by atoms with Crippen LogP contribution in [0.5, 0.6) is 0 Å². The summed E-state index contributed by atoms with van der Waals surface area (Å²) in [5.74, 6) is -3.35. The number of carbonyl (C=O) groups is 1. The summed E-state index contributed by atoms with van der Waals surface area (Å²) < 4.78 is 38.6. The molecule has 0 spiro atoms. The van der Waals surface area contributed by atoms with Crippen molar-refractivity contribution in [3.8, 4) is 0 Å². The number of aliphatic carboxylic acids is 1. The number of benzene rings is 1. The molecule has 2 rings (SSSR count). The zero-order chi connectivity index (χ0) is 13.3. The van der Waals surface area contributed by atoms with E-state index >= 15 is 0 Å². The smallest absolute Gasteiger partial charge is 0.396 e. The van der Waals surface area contributed by atoms with Crippen LogP contribution in [0.2, 0.25) is 0 Å². The average Bonchev–Trinajstić information content (AvgIpc) is 2.70. The molecule has 0 amide bonds. The number of hydrogen-bond donors (Lipinski definition) is 1. The van der Waals surface area contributed by atoms with Gasteiger partial charge in [-0.05, 0) is 36.0 Å². The van der Waals surface area contributed by atoms with Gasteiger partial charge in [0, 0.05) is 0 Å². The number of rotatable bonds is 3. The first kappa shape index (κ1) is 12.9. The SMILES string of the molecule is O=C(O)CC(c1ccc2c(c1)CCC2)C(F)(F)F. The number of carboxylic acids is 1. The molecule has 0 aromatic heterocycles. The first-order chi connectivity index (χ1) is 8.38. The minimum Gasteiger partial charge on any atom is -0.481 e. The number of halogens is 3. The molecule has 0 heterocycles. The van der Waals surface area contributed by atoms with E-state index in [9.17, 15) is 18.0 Å². The highest BCUT2D eigenvalue weighted by atomic mass is 19.4. The Morgan fingerprint density at radius 1 is 1.28 bits per heavy atom. The molecule has 1 aliphatic rings. The van der Waals surface area contributed by atoms with E-state index in [-0.39, 0.29) is 5.56 Å². The highest BCUT2D eigenvalue weighted by molar-refractivity contribution is 5.68. The van der Waals surface area contributed by atoms with E-state index in [0.717, 1.165) is 30.4 Å². The second-order valence-electron chi connectivity index (χ2n) is 4.57. The van der Waals surface area contributed by atoms with E-state index in [4.69, 9.17) is 5.11 Å². The van der Waals surface area contributed by atoms with Gasteiger partial charge in [0.2, 0.25) is 0 Å². The van der Waals surface area contributed by atoms with Gasteiger partial charge in [0.15, 0.2) is 0 Å². The van der Waals surface area contributed by atoms with E-state index in [1.807, 2.05) is 0 Å². The van der Waals surface area contributed by atoms with Crippen molar-refractivity contribution in [2.24, 2.45) is 0 Å². The third-order valence-corrected chi connectivity index (χ3v) is 3.30. The Hall–Kier alpha value is -1.52. The molecule has 0 saturated heterocycles. The van der Waals surface area contributed by atoms with Crippen LogP contribution in [0.25, 0.3) is 0 Å². The maximum Gasteiger partial charge on any atom is 0.396 e. The molecule has 18 heavy (non-hydrogen) atoms. The van der Waals surface area contributed by atoms with Crippen molar-refractivity contribution >= 4 is 5.97 Å². The molecule has 0 bridgehead atoms. The van der Waals surface area contributed by atoms with Gasteiger partial charge in [-0.2, -0.15) is 13.2 Å². The molecule has 1 N–H and O–H groups in total. The van der Waals surface area contributed by atoms with Gasteiger partial charge in [0.25, 0.3) is 0 Å². The molecular formula is C13H13F3O2. The predicted molar refractivity (Wildman–Crippen MR) is 59.5 cm³/mol. The summed E-state index contributed by atoms with van der Waals surface area (Å²) >= 11 is 0. The molecule has 5 heteroatoms. The summed E-state index contributed by atoms with van der Waals surface area (Å²) in [5, 5.41) is 8.60. The van der Waals surface area contributed by atoms with E-state index in [1.54, 1.807) is 6.07 Å². The number of carboxylic acid groups (broad SMARTS) is 1. The van der Waals surface area contributed by atoms with E-state index in [0.29, 0.717) is 0 Å². The molecule has 2 nitrogen and oxygen atoms in total. The third-order valence-electron chi connectivity index (χ3n) is 3.30. The van der Waals surface area contributed by atoms with Crippen LogP contribution in [0.3, 0.4) is 0 Å². The van der Waals surface area contributed by atoms with Gasteiger partial charge in [-0.15, -0.1) is 0 Å². The van der Waals surface area contributed by atoms with Crippen LogP contribution in [0.4, 0.5) is 13.2 Å². The molecule has 1 aromatic rings. The molecule has 0 radical (unpaired) electrons. The van der Waals surface area contributed by atoms with Crippen LogP contribution >= 0.6 is 0 Å². The summed E-state index contributed by atoms with van der Waals surface area (Å²) in [6.07, 6.45) is -2.81. The van der Waals surface area contributed by atoms with Crippen molar-refractivity contribution in [2.75, 3.05) is 0 Å². The summed E-state index contributed by atoms with van der Waals surface area (Å²) in [7, 11) is 0. The Labute approximate surface area is 102 Å². The topological polar surface area (TPSA) is 37.3 Å². The largest absolute Gasteiger partial charge is 0.481 e. The van der Waals surface area contributed by atoms with Gasteiger partial charge in [-0.25, -0.2) is 0 Å². The van der Waals surface area contributed by atoms with Crippen molar-refractivity contribution in [1.82, 2.24) is 0 Å². The third kappa shape index (κ3) is 2.66. The zero-order valence-electron chi connectivity index (χ0n) is 9.63. The molecule has 1 unspecified atom stereocenters. The number of fused-ring (bicyclic) bond motifs is 1. The second-order valence-corrected chi connectivity index (χ2v) is 4.57. The lowest BCUT2D eigenvalue weighted by atomic mass is 9.92. The average molecular weight is 258 g/mol. The molecule has 1 atom stereocenters. The van der Waals surface area contributed by atoms with Gasteiger partial charge in [0.1, 0.15) is 0 Å². The highest BCUT2D eigenvalue weighted by Crippen LogP contribution is 2.38. The highest BCUT2D eigenvalue weighted by Gasteiger charge is 2.42. The maximum atomic E-state index is 12.9. The van der Waals surface area contributed by atoms with Crippen LogP contribution in [0, 0.1) is 0 Å². The lowest BCUT2D eigenvalue weighted by Gasteiger charge is -2.19. The molecular weight excluding hydrogens is 245 g/mol. The van der Waals surface area contributed by atoms with Crippen LogP contribution < -0.4 is 0 Å². The van der Waals surface area contributed by atoms with Crippen molar-refractivity contribution in [3.05, 3.63) is 34.9 Å². The fraction of sp³-hybridized carbons (Fsp3) is 0.462. The van der Waals surface area contributed by atoms with Gasteiger partial charge >= 0.3 is 12.1 Å². The van der Waals surface area contributed by atoms with Gasteiger partial charge in [-0.1, -0.05) is 18.2 Å². The summed E-state index contributed by atoms with van der Waals surface area (Å²) in [5.41, 5.74) is 2.06. The zero-order valence-corrected chi connectivity index (χ0v) is 9.63. The molecule has 98 valence electrons. The minimum absolute atomic E-state index is 0.0607. The Kier molecular flexibility index (Phi) is 3.32. The Morgan fingerprint density at radius 3 is 2.56 bits per heavy atom. The van der Waals surface area contributed by atoms with Crippen LogP contribution in [-0.4, -0.2) is 17.3 Å².